The van der Waals surface area contributed by atoms with E-state index in [0.29, 0.717) is 0 Å². The third-order valence-corrected chi connectivity index (χ3v) is 3.74. The zero-order chi connectivity index (χ0) is 13.6. The summed E-state index contributed by atoms with van der Waals surface area (Å²) in [7, 11) is 0. The highest BCUT2D eigenvalue weighted by atomic mass is 32.1. The normalized spacial score (nSPS) is 10.2. The van der Waals surface area contributed by atoms with E-state index in [9.17, 15) is 0 Å². The number of anilines is 1. The van der Waals surface area contributed by atoms with E-state index in [1.165, 1.54) is 4.88 Å². The van der Waals surface area contributed by atoms with Gasteiger partial charge in [0.15, 0.2) is 0 Å². The standard InChI is InChI=1S/C17H15NOS/c1-2-7-15(8-3-1)19-16-9-4-6-14(12-16)18-13-17-10-5-11-20-17/h1-12,18H,13H2. The lowest BCUT2D eigenvalue weighted by atomic mass is 10.3. The van der Waals surface area contributed by atoms with Crippen molar-refractivity contribution in [3.8, 4) is 11.5 Å². The summed E-state index contributed by atoms with van der Waals surface area (Å²) >= 11 is 1.76. The topological polar surface area (TPSA) is 21.3 Å². The maximum absolute atomic E-state index is 5.82. The van der Waals surface area contributed by atoms with Crippen LogP contribution in [0.4, 0.5) is 5.69 Å². The van der Waals surface area contributed by atoms with Gasteiger partial charge in [0.05, 0.1) is 0 Å². The summed E-state index contributed by atoms with van der Waals surface area (Å²) in [5, 5.41) is 5.49. The summed E-state index contributed by atoms with van der Waals surface area (Å²) < 4.78 is 5.82. The van der Waals surface area contributed by atoms with Crippen LogP contribution in [0.2, 0.25) is 0 Å². The number of nitrogens with one attached hydrogen (secondary N) is 1. The van der Waals surface area contributed by atoms with Crippen LogP contribution in [0.1, 0.15) is 4.88 Å². The van der Waals surface area contributed by atoms with Crippen LogP contribution in [0.25, 0.3) is 0 Å². The fourth-order valence-electron chi connectivity index (χ4n) is 1.90. The molecule has 1 heterocycles. The molecule has 0 bridgehead atoms. The molecular weight excluding hydrogens is 266 g/mol. The quantitative estimate of drug-likeness (QED) is 0.698. The second kappa shape index (κ2) is 6.26. The highest BCUT2D eigenvalue weighted by Gasteiger charge is 1.99. The molecule has 3 rings (SSSR count). The first kappa shape index (κ1) is 12.8. The molecule has 3 heteroatoms. The fraction of sp³-hybridized carbons (Fsp3) is 0.0588. The van der Waals surface area contributed by atoms with Gasteiger partial charge in [-0.1, -0.05) is 30.3 Å². The number of thiophene rings is 1. The van der Waals surface area contributed by atoms with Gasteiger partial charge in [-0.3, -0.25) is 0 Å². The summed E-state index contributed by atoms with van der Waals surface area (Å²) in [5.41, 5.74) is 1.06. The average molecular weight is 281 g/mol. The van der Waals surface area contributed by atoms with Gasteiger partial charge in [0, 0.05) is 23.2 Å². The van der Waals surface area contributed by atoms with Crippen LogP contribution in [0.3, 0.4) is 0 Å². The molecule has 0 radical (unpaired) electrons. The second-order valence-corrected chi connectivity index (χ2v) is 5.41. The maximum atomic E-state index is 5.82. The molecule has 20 heavy (non-hydrogen) atoms. The SMILES string of the molecule is c1ccc(Oc2cccc(NCc3cccs3)c2)cc1. The van der Waals surface area contributed by atoms with E-state index >= 15 is 0 Å². The molecule has 0 saturated carbocycles. The molecule has 0 aliphatic rings. The minimum absolute atomic E-state index is 0.840. The zero-order valence-corrected chi connectivity index (χ0v) is 11.8. The number of ether oxygens (including phenoxy) is 1. The van der Waals surface area contributed by atoms with Crippen LogP contribution in [0.15, 0.2) is 72.1 Å². The number of benzene rings is 2. The van der Waals surface area contributed by atoms with Gasteiger partial charge in [-0.25, -0.2) is 0 Å². The average Bonchev–Trinajstić information content (AvgIpc) is 3.00. The minimum Gasteiger partial charge on any atom is -0.457 e. The Morgan fingerprint density at radius 2 is 1.70 bits per heavy atom. The van der Waals surface area contributed by atoms with Crippen molar-refractivity contribution in [3.05, 3.63) is 77.0 Å². The van der Waals surface area contributed by atoms with Crippen LogP contribution in [-0.2, 0) is 6.54 Å². The highest BCUT2D eigenvalue weighted by Crippen LogP contribution is 2.24. The molecule has 0 aliphatic heterocycles. The van der Waals surface area contributed by atoms with E-state index in [2.05, 4.69) is 22.8 Å². The summed E-state index contributed by atoms with van der Waals surface area (Å²) in [6.07, 6.45) is 0. The first-order valence-electron chi connectivity index (χ1n) is 6.49. The van der Waals surface area contributed by atoms with Crippen molar-refractivity contribution in [1.82, 2.24) is 0 Å². The van der Waals surface area contributed by atoms with Crippen molar-refractivity contribution in [2.24, 2.45) is 0 Å². The molecular formula is C17H15NOS. The molecule has 0 saturated heterocycles. The van der Waals surface area contributed by atoms with E-state index in [-0.39, 0.29) is 0 Å². The van der Waals surface area contributed by atoms with E-state index < -0.39 is 0 Å². The predicted molar refractivity (Wildman–Crippen MR) is 84.6 cm³/mol. The van der Waals surface area contributed by atoms with Gasteiger partial charge < -0.3 is 10.1 Å². The fourth-order valence-corrected chi connectivity index (χ4v) is 2.54. The number of hydrogen-bond donors (Lipinski definition) is 1. The molecule has 0 aliphatic carbocycles. The van der Waals surface area contributed by atoms with Crippen molar-refractivity contribution in [2.75, 3.05) is 5.32 Å². The molecule has 0 unspecified atom stereocenters. The molecule has 2 aromatic carbocycles. The third-order valence-electron chi connectivity index (χ3n) is 2.86. The van der Waals surface area contributed by atoms with Crippen molar-refractivity contribution in [3.63, 3.8) is 0 Å². The first-order valence-corrected chi connectivity index (χ1v) is 7.37. The number of hydrogen-bond acceptors (Lipinski definition) is 3. The zero-order valence-electron chi connectivity index (χ0n) is 11.0. The predicted octanol–water partition coefficient (Wildman–Crippen LogP) is 5.15. The molecule has 1 aromatic heterocycles. The molecule has 3 aromatic rings. The molecule has 1 N–H and O–H groups in total. The Morgan fingerprint density at radius 3 is 2.50 bits per heavy atom. The van der Waals surface area contributed by atoms with Crippen molar-refractivity contribution in [2.45, 2.75) is 6.54 Å². The Bertz CT molecular complexity index is 650. The van der Waals surface area contributed by atoms with E-state index in [1.54, 1.807) is 11.3 Å². The minimum atomic E-state index is 0.840. The highest BCUT2D eigenvalue weighted by molar-refractivity contribution is 7.09. The largest absolute Gasteiger partial charge is 0.457 e. The maximum Gasteiger partial charge on any atom is 0.129 e. The van der Waals surface area contributed by atoms with Crippen LogP contribution in [0, 0.1) is 0 Å². The van der Waals surface area contributed by atoms with E-state index in [1.807, 2.05) is 54.6 Å². The van der Waals surface area contributed by atoms with E-state index in [0.717, 1.165) is 23.7 Å². The molecule has 0 spiro atoms. The third kappa shape index (κ3) is 3.39. The van der Waals surface area contributed by atoms with Gasteiger partial charge >= 0.3 is 0 Å². The van der Waals surface area contributed by atoms with Crippen molar-refractivity contribution >= 4 is 17.0 Å². The van der Waals surface area contributed by atoms with Crippen molar-refractivity contribution in [1.29, 1.82) is 0 Å². The molecule has 0 amide bonds. The molecule has 100 valence electrons. The lowest BCUT2D eigenvalue weighted by Crippen LogP contribution is -1.97. The van der Waals surface area contributed by atoms with Gasteiger partial charge in [-0.15, -0.1) is 11.3 Å². The summed E-state index contributed by atoms with van der Waals surface area (Å²) in [4.78, 5) is 1.32. The Labute approximate surface area is 122 Å². The Balaban J connectivity index is 1.66. The van der Waals surface area contributed by atoms with Crippen molar-refractivity contribution < 1.29 is 4.74 Å². The van der Waals surface area contributed by atoms with Gasteiger partial charge in [-0.05, 0) is 35.7 Å². The Kier molecular flexibility index (Phi) is 3.99. The molecule has 2 nitrogen and oxygen atoms in total. The monoisotopic (exact) mass is 281 g/mol. The Hall–Kier alpha value is -2.26. The lowest BCUT2D eigenvalue weighted by molar-refractivity contribution is 0.483. The van der Waals surface area contributed by atoms with Gasteiger partial charge in [-0.2, -0.15) is 0 Å². The summed E-state index contributed by atoms with van der Waals surface area (Å²) in [6.45, 7) is 0.840. The summed E-state index contributed by atoms with van der Waals surface area (Å²) in [6, 6.07) is 22.0. The number of rotatable bonds is 5. The number of para-hydroxylation sites is 1. The lowest BCUT2D eigenvalue weighted by Gasteiger charge is -2.09. The van der Waals surface area contributed by atoms with Gasteiger partial charge in [0.25, 0.3) is 0 Å². The smallest absolute Gasteiger partial charge is 0.129 e. The molecule has 0 atom stereocenters. The van der Waals surface area contributed by atoms with Gasteiger partial charge in [0.2, 0.25) is 0 Å². The van der Waals surface area contributed by atoms with Crippen LogP contribution in [-0.4, -0.2) is 0 Å². The summed E-state index contributed by atoms with van der Waals surface area (Å²) in [5.74, 6) is 1.69. The van der Waals surface area contributed by atoms with Crippen LogP contribution < -0.4 is 10.1 Å². The Morgan fingerprint density at radius 1 is 0.850 bits per heavy atom. The van der Waals surface area contributed by atoms with Gasteiger partial charge in [0.1, 0.15) is 11.5 Å². The van der Waals surface area contributed by atoms with Crippen LogP contribution >= 0.6 is 11.3 Å². The second-order valence-electron chi connectivity index (χ2n) is 4.38. The van der Waals surface area contributed by atoms with E-state index in [4.69, 9.17) is 4.74 Å². The molecule has 0 fully saturated rings. The first-order chi connectivity index (χ1) is 9.90. The van der Waals surface area contributed by atoms with Crippen LogP contribution in [0.5, 0.6) is 11.5 Å².